The molecule has 2 amide bonds. The maximum atomic E-state index is 12.6. The molecular formula is C18H26N6O3. The topological polar surface area (TPSA) is 97.4 Å². The van der Waals surface area contributed by atoms with Crippen LogP contribution in [0, 0.1) is 0 Å². The summed E-state index contributed by atoms with van der Waals surface area (Å²) in [5, 5.41) is 3.98. The zero-order valence-electron chi connectivity index (χ0n) is 16.3. The number of amides is 2. The first-order valence-corrected chi connectivity index (χ1v) is 9.22. The van der Waals surface area contributed by atoms with Crippen LogP contribution in [-0.4, -0.2) is 67.0 Å². The molecule has 0 spiro atoms. The fourth-order valence-corrected chi connectivity index (χ4v) is 3.29. The Balaban J connectivity index is 1.60. The first-order chi connectivity index (χ1) is 12.8. The van der Waals surface area contributed by atoms with Gasteiger partial charge in [-0.3, -0.25) is 9.59 Å². The van der Waals surface area contributed by atoms with Gasteiger partial charge in [0.1, 0.15) is 5.69 Å². The van der Waals surface area contributed by atoms with E-state index >= 15 is 0 Å². The Bertz CT molecular complexity index is 812. The van der Waals surface area contributed by atoms with Gasteiger partial charge in [-0.05, 0) is 6.42 Å². The van der Waals surface area contributed by atoms with Crippen molar-refractivity contribution in [3.05, 3.63) is 29.9 Å². The van der Waals surface area contributed by atoms with Crippen LogP contribution in [0.15, 0.2) is 17.0 Å². The second-order valence-corrected chi connectivity index (χ2v) is 7.28. The summed E-state index contributed by atoms with van der Waals surface area (Å²) >= 11 is 0. The maximum absolute atomic E-state index is 12.6. The van der Waals surface area contributed by atoms with Crippen LogP contribution >= 0.6 is 0 Å². The van der Waals surface area contributed by atoms with Crippen molar-refractivity contribution in [3.63, 3.8) is 0 Å². The van der Waals surface area contributed by atoms with E-state index in [1.807, 2.05) is 20.9 Å². The van der Waals surface area contributed by atoms with E-state index < -0.39 is 0 Å². The van der Waals surface area contributed by atoms with Crippen LogP contribution in [0.25, 0.3) is 0 Å². The average molecular weight is 374 g/mol. The van der Waals surface area contributed by atoms with Gasteiger partial charge in [-0.2, -0.15) is 4.98 Å². The summed E-state index contributed by atoms with van der Waals surface area (Å²) in [6.45, 7) is 7.17. The van der Waals surface area contributed by atoms with Gasteiger partial charge in [0, 0.05) is 52.1 Å². The number of rotatable bonds is 6. The number of nitrogens with zero attached hydrogens (tertiary/aromatic N) is 6. The van der Waals surface area contributed by atoms with Crippen LogP contribution in [0.1, 0.15) is 55.3 Å². The highest BCUT2D eigenvalue weighted by molar-refractivity contribution is 5.92. The Morgan fingerprint density at radius 1 is 1.41 bits per heavy atom. The predicted octanol–water partition coefficient (Wildman–Crippen LogP) is 1.23. The molecule has 0 aromatic carbocycles. The third-order valence-electron chi connectivity index (χ3n) is 4.77. The van der Waals surface area contributed by atoms with Crippen molar-refractivity contribution < 1.29 is 14.1 Å². The van der Waals surface area contributed by atoms with Gasteiger partial charge in [0.2, 0.25) is 11.8 Å². The van der Waals surface area contributed by atoms with E-state index in [1.165, 1.54) is 0 Å². The van der Waals surface area contributed by atoms with Crippen molar-refractivity contribution >= 4 is 11.8 Å². The summed E-state index contributed by atoms with van der Waals surface area (Å²) in [6, 6.07) is -0.00775. The molecule has 1 atom stereocenters. The minimum atomic E-state index is -0.0960. The van der Waals surface area contributed by atoms with Crippen LogP contribution in [0.2, 0.25) is 0 Å². The van der Waals surface area contributed by atoms with Crippen molar-refractivity contribution in [1.29, 1.82) is 0 Å². The minimum Gasteiger partial charge on any atom is -0.340 e. The Morgan fingerprint density at radius 3 is 2.78 bits per heavy atom. The fourth-order valence-electron chi connectivity index (χ4n) is 3.29. The summed E-state index contributed by atoms with van der Waals surface area (Å²) < 4.78 is 6.97. The van der Waals surface area contributed by atoms with E-state index in [1.54, 1.807) is 33.8 Å². The molecule has 9 nitrogen and oxygen atoms in total. The van der Waals surface area contributed by atoms with Crippen molar-refractivity contribution in [3.8, 4) is 0 Å². The number of likely N-dealkylation sites (tertiary alicyclic amines) is 1. The molecule has 0 bridgehead atoms. The summed E-state index contributed by atoms with van der Waals surface area (Å²) in [6.07, 6.45) is 4.60. The lowest BCUT2D eigenvalue weighted by Crippen LogP contribution is -2.42. The molecule has 27 heavy (non-hydrogen) atoms. The summed E-state index contributed by atoms with van der Waals surface area (Å²) in [5.74, 6) is 1.27. The molecule has 9 heteroatoms. The number of imidazole rings is 1. The zero-order chi connectivity index (χ0) is 19.6. The SMILES string of the molecule is CC(=O)N(CCc1noc(C(C)C)n1)C1CCN(C(=O)c2cn(C)cn2)C1. The lowest BCUT2D eigenvalue weighted by molar-refractivity contribution is -0.130. The van der Waals surface area contributed by atoms with Gasteiger partial charge < -0.3 is 18.9 Å². The van der Waals surface area contributed by atoms with Gasteiger partial charge in [0.25, 0.3) is 5.91 Å². The Kier molecular flexibility index (Phi) is 5.57. The van der Waals surface area contributed by atoms with Gasteiger partial charge in [-0.1, -0.05) is 19.0 Å². The second kappa shape index (κ2) is 7.89. The second-order valence-electron chi connectivity index (χ2n) is 7.28. The molecule has 1 saturated heterocycles. The van der Waals surface area contributed by atoms with E-state index in [2.05, 4.69) is 15.1 Å². The molecule has 146 valence electrons. The number of carbonyl (C=O) groups is 2. The first-order valence-electron chi connectivity index (χ1n) is 9.22. The Hall–Kier alpha value is -2.71. The van der Waals surface area contributed by atoms with Crippen molar-refractivity contribution in [2.45, 2.75) is 45.6 Å². The average Bonchev–Trinajstić information content (AvgIpc) is 3.34. The lowest BCUT2D eigenvalue weighted by Gasteiger charge is -2.27. The molecule has 3 heterocycles. The molecule has 0 aliphatic carbocycles. The molecule has 0 radical (unpaired) electrons. The molecule has 2 aromatic rings. The maximum Gasteiger partial charge on any atom is 0.274 e. The summed E-state index contributed by atoms with van der Waals surface area (Å²) in [4.78, 5) is 36.8. The van der Waals surface area contributed by atoms with Gasteiger partial charge in [0.05, 0.1) is 12.4 Å². The monoisotopic (exact) mass is 374 g/mol. The highest BCUT2D eigenvalue weighted by Crippen LogP contribution is 2.19. The van der Waals surface area contributed by atoms with Crippen LogP contribution in [0.5, 0.6) is 0 Å². The Morgan fingerprint density at radius 2 is 2.19 bits per heavy atom. The molecule has 1 fully saturated rings. The van der Waals surface area contributed by atoms with Crippen LogP contribution in [0.4, 0.5) is 0 Å². The van der Waals surface area contributed by atoms with E-state index in [-0.39, 0.29) is 23.8 Å². The van der Waals surface area contributed by atoms with Gasteiger partial charge in [-0.25, -0.2) is 4.98 Å². The Labute approximate surface area is 158 Å². The first kappa shape index (κ1) is 19.1. The molecule has 0 N–H and O–H groups in total. The van der Waals surface area contributed by atoms with Gasteiger partial charge >= 0.3 is 0 Å². The van der Waals surface area contributed by atoms with E-state index in [9.17, 15) is 9.59 Å². The molecule has 2 aromatic heterocycles. The van der Waals surface area contributed by atoms with E-state index in [0.717, 1.165) is 6.42 Å². The zero-order valence-corrected chi connectivity index (χ0v) is 16.3. The molecule has 0 saturated carbocycles. The van der Waals surface area contributed by atoms with Gasteiger partial charge in [0.15, 0.2) is 5.82 Å². The standard InChI is InChI=1S/C18H26N6O3/c1-12(2)17-20-16(21-27-17)6-8-24(13(3)25)14-5-7-23(9-14)18(26)15-10-22(4)11-19-15/h10-12,14H,5-9H2,1-4H3. The molecule has 1 aliphatic heterocycles. The molecule has 3 rings (SSSR count). The quantitative estimate of drug-likeness (QED) is 0.754. The number of carbonyl (C=O) groups excluding carboxylic acids is 2. The van der Waals surface area contributed by atoms with E-state index in [4.69, 9.17) is 4.52 Å². The number of hydrogen-bond acceptors (Lipinski definition) is 6. The molecule has 1 aliphatic rings. The van der Waals surface area contributed by atoms with Crippen LogP contribution in [0.3, 0.4) is 0 Å². The smallest absolute Gasteiger partial charge is 0.274 e. The summed E-state index contributed by atoms with van der Waals surface area (Å²) in [7, 11) is 1.83. The van der Waals surface area contributed by atoms with Crippen molar-refractivity contribution in [1.82, 2.24) is 29.5 Å². The number of aromatic nitrogens is 4. The third kappa shape index (κ3) is 4.35. The third-order valence-corrected chi connectivity index (χ3v) is 4.77. The highest BCUT2D eigenvalue weighted by Gasteiger charge is 2.32. The lowest BCUT2D eigenvalue weighted by atomic mass is 10.2. The predicted molar refractivity (Wildman–Crippen MR) is 97.0 cm³/mol. The largest absolute Gasteiger partial charge is 0.340 e. The van der Waals surface area contributed by atoms with Crippen molar-refractivity contribution in [2.75, 3.05) is 19.6 Å². The van der Waals surface area contributed by atoms with Gasteiger partial charge in [-0.15, -0.1) is 0 Å². The van der Waals surface area contributed by atoms with Crippen LogP contribution in [-0.2, 0) is 18.3 Å². The fraction of sp³-hybridized carbons (Fsp3) is 0.611. The van der Waals surface area contributed by atoms with Crippen molar-refractivity contribution in [2.24, 2.45) is 7.05 Å². The van der Waals surface area contributed by atoms with E-state index in [0.29, 0.717) is 43.5 Å². The number of aryl methyl sites for hydroxylation is 1. The number of hydrogen-bond donors (Lipinski definition) is 0. The molecular weight excluding hydrogens is 348 g/mol. The molecule has 1 unspecified atom stereocenters. The summed E-state index contributed by atoms with van der Waals surface area (Å²) in [5.41, 5.74) is 0.431. The highest BCUT2D eigenvalue weighted by atomic mass is 16.5. The van der Waals surface area contributed by atoms with Crippen LogP contribution < -0.4 is 0 Å². The normalized spacial score (nSPS) is 16.9. The minimum absolute atomic E-state index is 0.00775.